The van der Waals surface area contributed by atoms with Crippen molar-refractivity contribution in [2.45, 2.75) is 0 Å². The van der Waals surface area contributed by atoms with E-state index in [4.69, 9.17) is 4.74 Å². The topological polar surface area (TPSA) is 41.5 Å². The van der Waals surface area contributed by atoms with Crippen molar-refractivity contribution in [2.24, 2.45) is 5.41 Å². The van der Waals surface area contributed by atoms with Crippen molar-refractivity contribution in [2.75, 3.05) is 31.7 Å². The van der Waals surface area contributed by atoms with Gasteiger partial charge in [-0.25, -0.2) is 0 Å². The number of para-hydroxylation sites is 1. The molecule has 2 N–H and O–H groups in total. The first-order valence-corrected chi connectivity index (χ1v) is 6.01. The highest BCUT2D eigenvalue weighted by molar-refractivity contribution is 14.1. The van der Waals surface area contributed by atoms with Crippen LogP contribution in [0.3, 0.4) is 0 Å². The molecule has 0 unspecified atom stereocenters. The molecule has 0 spiro atoms. The Labute approximate surface area is 103 Å². The highest BCUT2D eigenvalue weighted by atomic mass is 127. The van der Waals surface area contributed by atoms with Gasteiger partial charge in [0.05, 0.1) is 25.2 Å². The molecule has 3 nitrogen and oxygen atoms in total. The van der Waals surface area contributed by atoms with E-state index in [0.717, 1.165) is 12.2 Å². The Morgan fingerprint density at radius 2 is 2.13 bits per heavy atom. The monoisotopic (exact) mass is 319 g/mol. The second kappa shape index (κ2) is 4.67. The van der Waals surface area contributed by atoms with Crippen molar-refractivity contribution in [3.8, 4) is 0 Å². The van der Waals surface area contributed by atoms with Crippen LogP contribution in [0.4, 0.5) is 5.69 Å². The van der Waals surface area contributed by atoms with Gasteiger partial charge in [-0.2, -0.15) is 0 Å². The molecule has 15 heavy (non-hydrogen) atoms. The van der Waals surface area contributed by atoms with Crippen LogP contribution >= 0.6 is 22.6 Å². The standard InChI is InChI=1S/C11H14INO2/c12-9-3-1-2-4-10(9)13-5-11(6-14)7-15-8-11/h1-4,13-14H,5-8H2. The van der Waals surface area contributed by atoms with Gasteiger partial charge >= 0.3 is 0 Å². The lowest BCUT2D eigenvalue weighted by Gasteiger charge is -2.40. The van der Waals surface area contributed by atoms with Gasteiger partial charge in [0.1, 0.15) is 0 Å². The molecule has 0 aliphatic carbocycles. The molecule has 0 bridgehead atoms. The third-order valence-electron chi connectivity index (χ3n) is 2.68. The van der Waals surface area contributed by atoms with Gasteiger partial charge in [-0.05, 0) is 34.7 Å². The number of aliphatic hydroxyl groups is 1. The van der Waals surface area contributed by atoms with Crippen molar-refractivity contribution < 1.29 is 9.84 Å². The lowest BCUT2D eigenvalue weighted by atomic mass is 9.87. The van der Waals surface area contributed by atoms with E-state index in [-0.39, 0.29) is 12.0 Å². The number of aliphatic hydroxyl groups excluding tert-OH is 1. The summed E-state index contributed by atoms with van der Waals surface area (Å²) in [6, 6.07) is 8.13. The van der Waals surface area contributed by atoms with Crippen molar-refractivity contribution in [1.29, 1.82) is 0 Å². The largest absolute Gasteiger partial charge is 0.396 e. The summed E-state index contributed by atoms with van der Waals surface area (Å²) in [5, 5.41) is 12.6. The third-order valence-corrected chi connectivity index (χ3v) is 3.62. The molecular formula is C11H14INO2. The van der Waals surface area contributed by atoms with Gasteiger partial charge in [-0.15, -0.1) is 0 Å². The Bertz CT molecular complexity index is 334. The Morgan fingerprint density at radius 3 is 2.67 bits per heavy atom. The van der Waals surface area contributed by atoms with Crippen LogP contribution in [0, 0.1) is 8.99 Å². The third kappa shape index (κ3) is 2.43. The maximum absolute atomic E-state index is 9.26. The summed E-state index contributed by atoms with van der Waals surface area (Å²) < 4.78 is 6.34. The quantitative estimate of drug-likeness (QED) is 0.830. The summed E-state index contributed by atoms with van der Waals surface area (Å²) in [5.41, 5.74) is 1.05. The van der Waals surface area contributed by atoms with E-state index < -0.39 is 0 Å². The number of rotatable bonds is 4. The number of halogens is 1. The van der Waals surface area contributed by atoms with Crippen molar-refractivity contribution >= 4 is 28.3 Å². The molecule has 4 heteroatoms. The minimum atomic E-state index is -0.0705. The molecule has 1 aromatic rings. The average molecular weight is 319 g/mol. The molecule has 82 valence electrons. The van der Waals surface area contributed by atoms with Crippen LogP contribution in [0.1, 0.15) is 0 Å². The summed E-state index contributed by atoms with van der Waals surface area (Å²) in [7, 11) is 0. The number of benzene rings is 1. The minimum Gasteiger partial charge on any atom is -0.396 e. The highest BCUT2D eigenvalue weighted by Crippen LogP contribution is 2.28. The first-order chi connectivity index (χ1) is 7.26. The SMILES string of the molecule is OCC1(CNc2ccccc2I)COC1. The van der Waals surface area contributed by atoms with Crippen molar-refractivity contribution in [3.63, 3.8) is 0 Å². The second-order valence-corrected chi connectivity index (χ2v) is 5.15. The van der Waals surface area contributed by atoms with Crippen LogP contribution in [-0.4, -0.2) is 31.5 Å². The van der Waals surface area contributed by atoms with E-state index in [1.807, 2.05) is 18.2 Å². The summed E-state index contributed by atoms with van der Waals surface area (Å²) in [4.78, 5) is 0. The van der Waals surface area contributed by atoms with Gasteiger partial charge < -0.3 is 15.2 Å². The average Bonchev–Trinajstić information content (AvgIpc) is 2.19. The van der Waals surface area contributed by atoms with E-state index >= 15 is 0 Å². The smallest absolute Gasteiger partial charge is 0.0584 e. The van der Waals surface area contributed by atoms with Gasteiger partial charge in [-0.3, -0.25) is 0 Å². The first-order valence-electron chi connectivity index (χ1n) is 4.93. The Balaban J connectivity index is 1.95. The Morgan fingerprint density at radius 1 is 1.40 bits per heavy atom. The molecular weight excluding hydrogens is 305 g/mol. The Hall–Kier alpha value is -0.330. The summed E-state index contributed by atoms with van der Waals surface area (Å²) in [6.07, 6.45) is 0. The van der Waals surface area contributed by atoms with Crippen molar-refractivity contribution in [1.82, 2.24) is 0 Å². The zero-order chi connectivity index (χ0) is 10.7. The molecule has 0 saturated carbocycles. The number of anilines is 1. The molecule has 1 aliphatic rings. The molecule has 0 radical (unpaired) electrons. The fourth-order valence-corrected chi connectivity index (χ4v) is 2.11. The van der Waals surface area contributed by atoms with E-state index in [0.29, 0.717) is 13.2 Å². The molecule has 1 heterocycles. The molecule has 0 aromatic heterocycles. The predicted octanol–water partition coefficient (Wildman–Crippen LogP) is 1.71. The molecule has 0 amide bonds. The van der Waals surface area contributed by atoms with Gasteiger partial charge in [-0.1, -0.05) is 12.1 Å². The summed E-state index contributed by atoms with van der Waals surface area (Å²) in [6.45, 7) is 2.26. The predicted molar refractivity (Wildman–Crippen MR) is 68.0 cm³/mol. The van der Waals surface area contributed by atoms with Gasteiger partial charge in [0, 0.05) is 15.8 Å². The van der Waals surface area contributed by atoms with Crippen LogP contribution in [0.5, 0.6) is 0 Å². The molecule has 1 aliphatic heterocycles. The van der Waals surface area contributed by atoms with E-state index in [1.165, 1.54) is 3.57 Å². The molecule has 2 rings (SSSR count). The summed E-state index contributed by atoms with van der Waals surface area (Å²) in [5.74, 6) is 0. The molecule has 0 atom stereocenters. The Kier molecular flexibility index (Phi) is 3.48. The fraction of sp³-hybridized carbons (Fsp3) is 0.455. The van der Waals surface area contributed by atoms with Crippen LogP contribution in [-0.2, 0) is 4.74 Å². The van der Waals surface area contributed by atoms with E-state index in [1.54, 1.807) is 0 Å². The minimum absolute atomic E-state index is 0.0705. The molecule has 1 saturated heterocycles. The zero-order valence-corrected chi connectivity index (χ0v) is 10.5. The number of hydrogen-bond acceptors (Lipinski definition) is 3. The fourth-order valence-electron chi connectivity index (χ4n) is 1.53. The number of nitrogens with one attached hydrogen (secondary N) is 1. The normalized spacial score (nSPS) is 18.3. The van der Waals surface area contributed by atoms with Crippen LogP contribution in [0.2, 0.25) is 0 Å². The summed E-state index contributed by atoms with van der Waals surface area (Å²) >= 11 is 2.30. The van der Waals surface area contributed by atoms with Crippen molar-refractivity contribution in [3.05, 3.63) is 27.8 Å². The number of ether oxygens (including phenoxy) is 1. The second-order valence-electron chi connectivity index (χ2n) is 3.98. The lowest BCUT2D eigenvalue weighted by Crippen LogP contribution is -2.50. The number of hydrogen-bond donors (Lipinski definition) is 2. The maximum atomic E-state index is 9.26. The molecule has 1 fully saturated rings. The first kappa shape index (κ1) is 11.2. The van der Waals surface area contributed by atoms with Gasteiger partial charge in [0.2, 0.25) is 0 Å². The van der Waals surface area contributed by atoms with Crippen LogP contribution < -0.4 is 5.32 Å². The lowest BCUT2D eigenvalue weighted by molar-refractivity contribution is -0.128. The van der Waals surface area contributed by atoms with E-state index in [2.05, 4.69) is 34.0 Å². The van der Waals surface area contributed by atoms with E-state index in [9.17, 15) is 5.11 Å². The highest BCUT2D eigenvalue weighted by Gasteiger charge is 2.37. The maximum Gasteiger partial charge on any atom is 0.0584 e. The van der Waals surface area contributed by atoms with Gasteiger partial charge in [0.25, 0.3) is 0 Å². The van der Waals surface area contributed by atoms with Crippen LogP contribution in [0.15, 0.2) is 24.3 Å². The zero-order valence-electron chi connectivity index (χ0n) is 8.37. The van der Waals surface area contributed by atoms with Crippen LogP contribution in [0.25, 0.3) is 0 Å². The van der Waals surface area contributed by atoms with Gasteiger partial charge in [0.15, 0.2) is 0 Å². The molecule has 1 aromatic carbocycles.